The average Bonchev–Trinajstić information content (AvgIpc) is 3.18. The van der Waals surface area contributed by atoms with Gasteiger partial charge in [-0.2, -0.15) is 13.2 Å². The van der Waals surface area contributed by atoms with Crippen LogP contribution in [0.3, 0.4) is 0 Å². The van der Waals surface area contributed by atoms with Crippen LogP contribution in [0.1, 0.15) is 18.4 Å². The number of rotatable bonds is 2. The zero-order chi connectivity index (χ0) is 15.3. The van der Waals surface area contributed by atoms with Crippen LogP contribution in [-0.4, -0.2) is 29.6 Å². The van der Waals surface area contributed by atoms with Crippen molar-refractivity contribution in [3.05, 3.63) is 29.8 Å². The van der Waals surface area contributed by atoms with Gasteiger partial charge >= 0.3 is 12.2 Å². The van der Waals surface area contributed by atoms with Crippen LogP contribution in [0.4, 0.5) is 23.7 Å². The highest BCUT2D eigenvalue weighted by atomic mass is 19.4. The van der Waals surface area contributed by atoms with Crippen molar-refractivity contribution in [2.24, 2.45) is 11.7 Å². The summed E-state index contributed by atoms with van der Waals surface area (Å²) in [7, 11) is 0. The molecule has 1 saturated heterocycles. The number of amides is 2. The van der Waals surface area contributed by atoms with E-state index in [2.05, 4.69) is 5.32 Å². The van der Waals surface area contributed by atoms with E-state index in [-0.39, 0.29) is 11.2 Å². The molecule has 0 spiro atoms. The second kappa shape index (κ2) is 4.62. The minimum Gasteiger partial charge on any atom is -0.322 e. The number of nitrogens with one attached hydrogen (secondary N) is 1. The lowest BCUT2D eigenvalue weighted by atomic mass is 9.86. The first-order valence-corrected chi connectivity index (χ1v) is 6.81. The summed E-state index contributed by atoms with van der Waals surface area (Å²) >= 11 is 0. The van der Waals surface area contributed by atoms with E-state index < -0.39 is 17.8 Å². The third-order valence-corrected chi connectivity index (χ3v) is 4.12. The van der Waals surface area contributed by atoms with Gasteiger partial charge in [-0.15, -0.1) is 0 Å². The molecule has 3 N–H and O–H groups in total. The van der Waals surface area contributed by atoms with Crippen molar-refractivity contribution in [1.82, 2.24) is 4.90 Å². The van der Waals surface area contributed by atoms with Crippen molar-refractivity contribution in [2.75, 3.05) is 18.4 Å². The number of urea groups is 1. The summed E-state index contributed by atoms with van der Waals surface area (Å²) in [6.07, 6.45) is -2.35. The van der Waals surface area contributed by atoms with E-state index >= 15 is 0 Å². The largest absolute Gasteiger partial charge is 0.418 e. The van der Waals surface area contributed by atoms with Crippen LogP contribution in [0, 0.1) is 5.92 Å². The fourth-order valence-corrected chi connectivity index (χ4v) is 2.76. The average molecular weight is 299 g/mol. The van der Waals surface area contributed by atoms with Crippen LogP contribution < -0.4 is 11.1 Å². The highest BCUT2D eigenvalue weighted by Gasteiger charge is 2.51. The van der Waals surface area contributed by atoms with E-state index in [4.69, 9.17) is 5.73 Å². The SMILES string of the molecule is NC1(C2CC2)CN(C(=O)Nc2ccccc2C(F)(F)F)C1. The number of para-hydroxylation sites is 1. The van der Waals surface area contributed by atoms with Gasteiger partial charge in [-0.05, 0) is 30.9 Å². The molecule has 1 aromatic rings. The zero-order valence-electron chi connectivity index (χ0n) is 11.3. The number of hydrogen-bond acceptors (Lipinski definition) is 2. The Bertz CT molecular complexity index is 563. The van der Waals surface area contributed by atoms with Crippen molar-refractivity contribution in [2.45, 2.75) is 24.6 Å². The van der Waals surface area contributed by atoms with Crippen LogP contribution in [-0.2, 0) is 6.18 Å². The van der Waals surface area contributed by atoms with Gasteiger partial charge in [0, 0.05) is 13.1 Å². The number of nitrogens with zero attached hydrogens (tertiary/aromatic N) is 1. The van der Waals surface area contributed by atoms with E-state index in [1.165, 1.54) is 23.1 Å². The van der Waals surface area contributed by atoms with Crippen LogP contribution >= 0.6 is 0 Å². The predicted molar refractivity (Wildman–Crippen MR) is 71.7 cm³/mol. The normalized spacial score (nSPS) is 20.9. The Morgan fingerprint density at radius 3 is 2.48 bits per heavy atom. The van der Waals surface area contributed by atoms with Crippen LogP contribution in [0.2, 0.25) is 0 Å². The minimum atomic E-state index is -4.50. The highest BCUT2D eigenvalue weighted by molar-refractivity contribution is 5.91. The molecule has 2 aliphatic rings. The lowest BCUT2D eigenvalue weighted by Gasteiger charge is -2.48. The first-order valence-electron chi connectivity index (χ1n) is 6.81. The van der Waals surface area contributed by atoms with E-state index in [1.807, 2.05) is 0 Å². The molecule has 0 aromatic heterocycles. The molecule has 2 fully saturated rings. The van der Waals surface area contributed by atoms with Crippen LogP contribution in [0.15, 0.2) is 24.3 Å². The van der Waals surface area contributed by atoms with Crippen molar-refractivity contribution in [3.8, 4) is 0 Å². The fraction of sp³-hybridized carbons (Fsp3) is 0.500. The number of benzene rings is 1. The maximum absolute atomic E-state index is 12.8. The molecule has 1 aliphatic carbocycles. The summed E-state index contributed by atoms with van der Waals surface area (Å²) in [6.45, 7) is 0.801. The van der Waals surface area contributed by atoms with Gasteiger partial charge < -0.3 is 16.0 Å². The molecule has 0 atom stereocenters. The summed E-state index contributed by atoms with van der Waals surface area (Å²) in [5, 5.41) is 2.33. The maximum Gasteiger partial charge on any atom is 0.418 e. The number of nitrogens with two attached hydrogens (primary N) is 1. The molecule has 1 saturated carbocycles. The molecule has 1 aromatic carbocycles. The molecule has 1 aliphatic heterocycles. The Labute approximate surface area is 120 Å². The maximum atomic E-state index is 12.8. The summed E-state index contributed by atoms with van der Waals surface area (Å²) in [5.41, 5.74) is 4.71. The molecular weight excluding hydrogens is 283 g/mol. The van der Waals surface area contributed by atoms with Crippen molar-refractivity contribution in [1.29, 1.82) is 0 Å². The Morgan fingerprint density at radius 1 is 1.29 bits per heavy atom. The van der Waals surface area contributed by atoms with Gasteiger partial charge in [-0.1, -0.05) is 12.1 Å². The van der Waals surface area contributed by atoms with Crippen molar-refractivity contribution in [3.63, 3.8) is 0 Å². The summed E-state index contributed by atoms with van der Waals surface area (Å²) in [6, 6.07) is 4.41. The molecular formula is C14H16F3N3O. The van der Waals surface area contributed by atoms with Crippen LogP contribution in [0.25, 0.3) is 0 Å². The number of carbonyl (C=O) groups excluding carboxylic acids is 1. The van der Waals surface area contributed by atoms with Gasteiger partial charge in [0.15, 0.2) is 0 Å². The first kappa shape index (κ1) is 14.2. The van der Waals surface area contributed by atoms with Crippen molar-refractivity contribution < 1.29 is 18.0 Å². The summed E-state index contributed by atoms with van der Waals surface area (Å²) < 4.78 is 38.5. The van der Waals surface area contributed by atoms with Gasteiger partial charge in [-0.3, -0.25) is 0 Å². The highest BCUT2D eigenvalue weighted by Crippen LogP contribution is 2.43. The molecule has 7 heteroatoms. The Hall–Kier alpha value is -1.76. The Morgan fingerprint density at radius 2 is 1.90 bits per heavy atom. The lowest BCUT2D eigenvalue weighted by molar-refractivity contribution is -0.136. The summed E-state index contributed by atoms with van der Waals surface area (Å²) in [4.78, 5) is 13.4. The first-order chi connectivity index (χ1) is 9.79. The third-order valence-electron chi connectivity index (χ3n) is 4.12. The second-order valence-electron chi connectivity index (χ2n) is 5.84. The van der Waals surface area contributed by atoms with Gasteiger partial charge in [0.2, 0.25) is 0 Å². The van der Waals surface area contributed by atoms with Crippen LogP contribution in [0.5, 0.6) is 0 Å². The second-order valence-corrected chi connectivity index (χ2v) is 5.84. The van der Waals surface area contributed by atoms with Crippen molar-refractivity contribution >= 4 is 11.7 Å². The fourth-order valence-electron chi connectivity index (χ4n) is 2.76. The van der Waals surface area contributed by atoms with E-state index in [1.54, 1.807) is 0 Å². The molecule has 0 unspecified atom stereocenters. The predicted octanol–water partition coefficient (Wildman–Crippen LogP) is 2.66. The number of carbonyl (C=O) groups is 1. The van der Waals surface area contributed by atoms with Gasteiger partial charge in [0.05, 0.1) is 16.8 Å². The van der Waals surface area contributed by atoms with E-state index in [9.17, 15) is 18.0 Å². The van der Waals surface area contributed by atoms with E-state index in [0.29, 0.717) is 19.0 Å². The molecule has 1 heterocycles. The molecule has 0 radical (unpaired) electrons. The van der Waals surface area contributed by atoms with E-state index in [0.717, 1.165) is 18.9 Å². The molecule has 0 bridgehead atoms. The molecule has 114 valence electrons. The third kappa shape index (κ3) is 2.70. The number of alkyl halides is 3. The number of anilines is 1. The number of likely N-dealkylation sites (tertiary alicyclic amines) is 1. The minimum absolute atomic E-state index is 0.226. The summed E-state index contributed by atoms with van der Waals surface area (Å²) in [5.74, 6) is 0.448. The topological polar surface area (TPSA) is 58.4 Å². The van der Waals surface area contributed by atoms with Gasteiger partial charge in [0.25, 0.3) is 0 Å². The standard InChI is InChI=1S/C14H16F3N3O/c15-14(16,17)10-3-1-2-4-11(10)19-12(21)20-7-13(18,8-20)9-5-6-9/h1-4,9H,5-8,18H2,(H,19,21). The quantitative estimate of drug-likeness (QED) is 0.882. The molecule has 2 amide bonds. The Kier molecular flexibility index (Phi) is 3.12. The zero-order valence-corrected chi connectivity index (χ0v) is 11.3. The number of hydrogen-bond donors (Lipinski definition) is 2. The smallest absolute Gasteiger partial charge is 0.322 e. The lowest BCUT2D eigenvalue weighted by Crippen LogP contribution is -2.70. The monoisotopic (exact) mass is 299 g/mol. The molecule has 21 heavy (non-hydrogen) atoms. The number of halogens is 3. The van der Waals surface area contributed by atoms with Gasteiger partial charge in [0.1, 0.15) is 0 Å². The molecule has 3 rings (SSSR count). The Balaban J connectivity index is 1.66. The van der Waals surface area contributed by atoms with Gasteiger partial charge in [-0.25, -0.2) is 4.79 Å². The molecule has 4 nitrogen and oxygen atoms in total.